The van der Waals surface area contributed by atoms with Gasteiger partial charge in [0.15, 0.2) is 0 Å². The normalized spacial score (nSPS) is 22.6. The molecule has 1 aromatic rings. The minimum absolute atomic E-state index is 0.0815. The van der Waals surface area contributed by atoms with E-state index in [1.54, 1.807) is 0 Å². The number of amides is 1. The Morgan fingerprint density at radius 3 is 2.70 bits per heavy atom. The van der Waals surface area contributed by atoms with E-state index in [1.807, 2.05) is 27.1 Å². The maximum absolute atomic E-state index is 11.8. The Bertz CT molecular complexity index is 433. The van der Waals surface area contributed by atoms with Crippen LogP contribution in [0.1, 0.15) is 24.8 Å². The van der Waals surface area contributed by atoms with Gasteiger partial charge in [-0.15, -0.1) is 0 Å². The van der Waals surface area contributed by atoms with Gasteiger partial charge in [0, 0.05) is 24.5 Å². The van der Waals surface area contributed by atoms with Crippen LogP contribution in [0.2, 0.25) is 0 Å². The Kier molecular flexibility index (Phi) is 5.15. The van der Waals surface area contributed by atoms with Crippen molar-refractivity contribution in [2.45, 2.75) is 31.3 Å². The Labute approximate surface area is 121 Å². The standard InChI is InChI=1S/C16H25N3O/c1-12(11-19(2)3)18-16(20)10-17-15-9-14(15)13-7-5-4-6-8-13/h4-8,12,14-15,17H,9-11H2,1-3H3,(H,18,20)/t12?,14?,15-/m0/s1. The van der Waals surface area contributed by atoms with Gasteiger partial charge in [-0.3, -0.25) is 4.79 Å². The first-order chi connectivity index (χ1) is 9.56. The maximum atomic E-state index is 11.8. The lowest BCUT2D eigenvalue weighted by atomic mass is 10.1. The Morgan fingerprint density at radius 1 is 1.35 bits per heavy atom. The summed E-state index contributed by atoms with van der Waals surface area (Å²) >= 11 is 0. The summed E-state index contributed by atoms with van der Waals surface area (Å²) < 4.78 is 0. The molecule has 1 aliphatic rings. The fourth-order valence-corrected chi connectivity index (χ4v) is 2.63. The number of carbonyl (C=O) groups excluding carboxylic acids is 1. The molecule has 0 spiro atoms. The fourth-order valence-electron chi connectivity index (χ4n) is 2.63. The van der Waals surface area contributed by atoms with Gasteiger partial charge >= 0.3 is 0 Å². The van der Waals surface area contributed by atoms with Gasteiger partial charge in [-0.05, 0) is 33.0 Å². The van der Waals surface area contributed by atoms with E-state index in [9.17, 15) is 4.79 Å². The summed E-state index contributed by atoms with van der Waals surface area (Å²) in [5.74, 6) is 0.654. The molecular formula is C16H25N3O. The van der Waals surface area contributed by atoms with Crippen LogP contribution in [0, 0.1) is 0 Å². The highest BCUT2D eigenvalue weighted by Gasteiger charge is 2.37. The number of nitrogens with one attached hydrogen (secondary N) is 2. The van der Waals surface area contributed by atoms with Crippen LogP contribution in [0.4, 0.5) is 0 Å². The molecule has 4 heteroatoms. The van der Waals surface area contributed by atoms with Crippen LogP contribution in [0.3, 0.4) is 0 Å². The molecule has 20 heavy (non-hydrogen) atoms. The van der Waals surface area contributed by atoms with Crippen molar-refractivity contribution in [3.8, 4) is 0 Å². The van der Waals surface area contributed by atoms with Gasteiger partial charge < -0.3 is 15.5 Å². The fraction of sp³-hybridized carbons (Fsp3) is 0.562. The summed E-state index contributed by atoms with van der Waals surface area (Å²) in [5, 5.41) is 6.34. The monoisotopic (exact) mass is 275 g/mol. The minimum atomic E-state index is 0.0815. The van der Waals surface area contributed by atoms with Crippen LogP contribution in [-0.4, -0.2) is 50.1 Å². The number of likely N-dealkylation sites (N-methyl/N-ethyl adjacent to an activating group) is 1. The molecule has 110 valence electrons. The van der Waals surface area contributed by atoms with Crippen molar-refractivity contribution in [1.29, 1.82) is 0 Å². The average molecular weight is 275 g/mol. The summed E-state index contributed by atoms with van der Waals surface area (Å²) in [6.45, 7) is 3.30. The van der Waals surface area contributed by atoms with Gasteiger partial charge in [-0.25, -0.2) is 0 Å². The SMILES string of the molecule is CC(CN(C)C)NC(=O)CN[C@H]1CC1c1ccccc1. The van der Waals surface area contributed by atoms with E-state index in [4.69, 9.17) is 0 Å². The Hall–Kier alpha value is -1.39. The van der Waals surface area contributed by atoms with Crippen LogP contribution >= 0.6 is 0 Å². The van der Waals surface area contributed by atoms with Crippen molar-refractivity contribution in [2.75, 3.05) is 27.2 Å². The van der Waals surface area contributed by atoms with Crippen molar-refractivity contribution in [3.63, 3.8) is 0 Å². The molecule has 1 fully saturated rings. The predicted octanol–water partition coefficient (Wildman–Crippen LogP) is 1.20. The number of rotatable bonds is 7. The van der Waals surface area contributed by atoms with Crippen LogP contribution < -0.4 is 10.6 Å². The third-order valence-corrected chi connectivity index (χ3v) is 3.59. The summed E-state index contributed by atoms with van der Waals surface area (Å²) in [5.41, 5.74) is 1.37. The van der Waals surface area contributed by atoms with E-state index in [0.29, 0.717) is 18.5 Å². The number of nitrogens with zero attached hydrogens (tertiary/aromatic N) is 1. The first-order valence-corrected chi connectivity index (χ1v) is 7.28. The number of carbonyl (C=O) groups is 1. The van der Waals surface area contributed by atoms with Gasteiger partial charge in [0.2, 0.25) is 5.91 Å². The van der Waals surface area contributed by atoms with Crippen molar-refractivity contribution >= 4 is 5.91 Å². The van der Waals surface area contributed by atoms with Crippen LogP contribution in [0.5, 0.6) is 0 Å². The van der Waals surface area contributed by atoms with Crippen LogP contribution in [0.15, 0.2) is 30.3 Å². The molecule has 0 saturated heterocycles. The number of hydrogen-bond donors (Lipinski definition) is 2. The maximum Gasteiger partial charge on any atom is 0.234 e. The lowest BCUT2D eigenvalue weighted by molar-refractivity contribution is -0.120. The third kappa shape index (κ3) is 4.62. The first kappa shape index (κ1) is 15.0. The zero-order chi connectivity index (χ0) is 14.5. The molecule has 2 N–H and O–H groups in total. The lowest BCUT2D eigenvalue weighted by Gasteiger charge is -2.18. The molecule has 0 bridgehead atoms. The van der Waals surface area contributed by atoms with Crippen molar-refractivity contribution < 1.29 is 4.79 Å². The summed E-state index contributed by atoms with van der Waals surface area (Å²) in [6.07, 6.45) is 1.13. The second-order valence-corrected chi connectivity index (χ2v) is 5.97. The second-order valence-electron chi connectivity index (χ2n) is 5.97. The lowest BCUT2D eigenvalue weighted by Crippen LogP contribution is -2.43. The number of hydrogen-bond acceptors (Lipinski definition) is 3. The van der Waals surface area contributed by atoms with Gasteiger partial charge in [0.05, 0.1) is 6.54 Å². The van der Waals surface area contributed by atoms with Gasteiger partial charge in [0.25, 0.3) is 0 Å². The molecule has 0 aliphatic heterocycles. The van der Waals surface area contributed by atoms with E-state index < -0.39 is 0 Å². The van der Waals surface area contributed by atoms with E-state index in [1.165, 1.54) is 5.56 Å². The highest BCUT2D eigenvalue weighted by molar-refractivity contribution is 5.78. The Morgan fingerprint density at radius 2 is 2.05 bits per heavy atom. The summed E-state index contributed by atoms with van der Waals surface area (Å²) in [4.78, 5) is 13.9. The zero-order valence-electron chi connectivity index (χ0n) is 12.6. The van der Waals surface area contributed by atoms with Crippen molar-refractivity contribution in [1.82, 2.24) is 15.5 Å². The molecule has 2 unspecified atom stereocenters. The molecule has 0 radical (unpaired) electrons. The highest BCUT2D eigenvalue weighted by Crippen LogP contribution is 2.40. The molecule has 2 rings (SSSR count). The van der Waals surface area contributed by atoms with E-state index in [0.717, 1.165) is 13.0 Å². The topological polar surface area (TPSA) is 44.4 Å². The zero-order valence-corrected chi connectivity index (χ0v) is 12.6. The van der Waals surface area contributed by atoms with Crippen LogP contribution in [-0.2, 0) is 4.79 Å². The molecular weight excluding hydrogens is 250 g/mol. The largest absolute Gasteiger partial charge is 0.351 e. The minimum Gasteiger partial charge on any atom is -0.351 e. The Balaban J connectivity index is 1.66. The first-order valence-electron chi connectivity index (χ1n) is 7.28. The molecule has 0 heterocycles. The van der Waals surface area contributed by atoms with Crippen LogP contribution in [0.25, 0.3) is 0 Å². The molecule has 0 aromatic heterocycles. The highest BCUT2D eigenvalue weighted by atomic mass is 16.2. The molecule has 3 atom stereocenters. The smallest absolute Gasteiger partial charge is 0.234 e. The second kappa shape index (κ2) is 6.86. The van der Waals surface area contributed by atoms with E-state index in [2.05, 4.69) is 39.8 Å². The van der Waals surface area contributed by atoms with Gasteiger partial charge in [-0.2, -0.15) is 0 Å². The van der Waals surface area contributed by atoms with E-state index >= 15 is 0 Å². The molecule has 1 saturated carbocycles. The number of benzene rings is 1. The quantitative estimate of drug-likeness (QED) is 0.786. The molecule has 1 aliphatic carbocycles. The molecule has 1 aromatic carbocycles. The van der Waals surface area contributed by atoms with E-state index in [-0.39, 0.29) is 11.9 Å². The molecule has 4 nitrogen and oxygen atoms in total. The predicted molar refractivity (Wildman–Crippen MR) is 81.7 cm³/mol. The van der Waals surface area contributed by atoms with Gasteiger partial charge in [-0.1, -0.05) is 30.3 Å². The molecule has 1 amide bonds. The third-order valence-electron chi connectivity index (χ3n) is 3.59. The van der Waals surface area contributed by atoms with Crippen molar-refractivity contribution in [2.24, 2.45) is 0 Å². The summed E-state index contributed by atoms with van der Waals surface area (Å²) in [6, 6.07) is 11.1. The average Bonchev–Trinajstić information content (AvgIpc) is 3.16. The van der Waals surface area contributed by atoms with Crippen molar-refractivity contribution in [3.05, 3.63) is 35.9 Å². The summed E-state index contributed by atoms with van der Waals surface area (Å²) in [7, 11) is 4.02. The van der Waals surface area contributed by atoms with Gasteiger partial charge in [0.1, 0.15) is 0 Å².